The second-order valence-electron chi connectivity index (χ2n) is 11.6. The number of hydrogen-bond acceptors (Lipinski definition) is 9. The Bertz CT molecular complexity index is 1750. The van der Waals surface area contributed by atoms with Crippen molar-refractivity contribution in [3.63, 3.8) is 0 Å². The molecule has 0 unspecified atom stereocenters. The molecule has 1 atom stereocenters. The Morgan fingerprint density at radius 2 is 1.88 bits per heavy atom. The Morgan fingerprint density at radius 1 is 1.05 bits per heavy atom. The normalized spacial score (nSPS) is 21.2. The molecule has 11 heteroatoms. The molecule has 0 amide bonds. The molecule has 11 nitrogen and oxygen atoms in total. The molecule has 2 aliphatic rings. The summed E-state index contributed by atoms with van der Waals surface area (Å²) in [7, 11) is 0. The number of morpholine rings is 1. The van der Waals surface area contributed by atoms with Crippen molar-refractivity contribution in [1.82, 2.24) is 34.6 Å². The molecule has 1 aromatic carbocycles. The predicted molar refractivity (Wildman–Crippen MR) is 158 cm³/mol. The largest absolute Gasteiger partial charge is 0.439 e. The number of anilines is 1. The molecule has 1 saturated heterocycles. The number of nitrogens with one attached hydrogen (secondary N) is 1. The van der Waals surface area contributed by atoms with Crippen molar-refractivity contribution in [2.45, 2.75) is 52.1 Å². The highest BCUT2D eigenvalue weighted by atomic mass is 16.5. The lowest BCUT2D eigenvalue weighted by Gasteiger charge is -2.37. The van der Waals surface area contributed by atoms with E-state index in [0.29, 0.717) is 37.0 Å². The molecule has 1 aliphatic carbocycles. The number of fused-ring (bicyclic) bond motifs is 1. The smallest absolute Gasteiger partial charge is 0.377 e. The van der Waals surface area contributed by atoms with Gasteiger partial charge in [-0.05, 0) is 48.8 Å². The number of aromatic amines is 1. The van der Waals surface area contributed by atoms with Gasteiger partial charge in [0.2, 0.25) is 17.6 Å². The van der Waals surface area contributed by atoms with E-state index in [1.54, 1.807) is 0 Å². The topological polar surface area (TPSA) is 128 Å². The molecule has 7 rings (SSSR count). The highest BCUT2D eigenvalue weighted by Crippen LogP contribution is 2.38. The number of aromatic nitrogens is 7. The van der Waals surface area contributed by atoms with E-state index in [-0.39, 0.29) is 17.7 Å². The molecule has 5 aromatic rings. The summed E-state index contributed by atoms with van der Waals surface area (Å²) in [6, 6.07) is 12.5. The van der Waals surface area contributed by atoms with E-state index in [9.17, 15) is 4.79 Å². The molecule has 0 spiro atoms. The zero-order chi connectivity index (χ0) is 28.6. The molecule has 1 aliphatic heterocycles. The van der Waals surface area contributed by atoms with Gasteiger partial charge in [0.25, 0.3) is 0 Å². The maximum absolute atomic E-state index is 11.8. The average Bonchev–Trinajstić information content (AvgIpc) is 3.62. The first-order chi connectivity index (χ1) is 20.5. The number of pyridine rings is 1. The van der Waals surface area contributed by atoms with Gasteiger partial charge >= 0.3 is 5.76 Å². The van der Waals surface area contributed by atoms with E-state index >= 15 is 0 Å². The minimum atomic E-state index is -0.663. The van der Waals surface area contributed by atoms with Crippen molar-refractivity contribution in [1.29, 1.82) is 0 Å². The molecule has 0 radical (unpaired) electrons. The lowest BCUT2D eigenvalue weighted by atomic mass is 9.83. The summed E-state index contributed by atoms with van der Waals surface area (Å²) in [4.78, 5) is 36.2. The average molecular weight is 567 g/mol. The lowest BCUT2D eigenvalue weighted by Crippen LogP contribution is -2.41. The number of imidazole rings is 1. The van der Waals surface area contributed by atoms with Crippen LogP contribution in [0.15, 0.2) is 58.1 Å². The maximum Gasteiger partial charge on any atom is 0.439 e. The highest BCUT2D eigenvalue weighted by molar-refractivity contribution is 5.90. The second kappa shape index (κ2) is 11.1. The highest BCUT2D eigenvalue weighted by Gasteiger charge is 2.32. The van der Waals surface area contributed by atoms with Gasteiger partial charge in [-0.1, -0.05) is 55.3 Å². The maximum atomic E-state index is 11.8. The Morgan fingerprint density at radius 3 is 2.64 bits per heavy atom. The first-order valence-corrected chi connectivity index (χ1v) is 14.7. The van der Waals surface area contributed by atoms with Crippen LogP contribution in [0.5, 0.6) is 0 Å². The van der Waals surface area contributed by atoms with Crippen LogP contribution < -0.4 is 10.7 Å². The third-order valence-corrected chi connectivity index (χ3v) is 8.53. The predicted octanol–water partition coefficient (Wildman–Crippen LogP) is 4.94. The summed E-state index contributed by atoms with van der Waals surface area (Å²) in [6.07, 6.45) is 8.43. The minimum absolute atomic E-state index is 0.00491. The molecule has 0 bridgehead atoms. The quantitative estimate of drug-likeness (QED) is 0.304. The van der Waals surface area contributed by atoms with Gasteiger partial charge in [-0.15, -0.1) is 0 Å². The molecular weight excluding hydrogens is 532 g/mol. The van der Waals surface area contributed by atoms with Crippen LogP contribution in [0.1, 0.15) is 49.8 Å². The number of ether oxygens (including phenoxy) is 1. The molecule has 1 N–H and O–H groups in total. The van der Waals surface area contributed by atoms with Gasteiger partial charge < -0.3 is 14.2 Å². The van der Waals surface area contributed by atoms with E-state index in [0.717, 1.165) is 35.1 Å². The van der Waals surface area contributed by atoms with Crippen LogP contribution >= 0.6 is 0 Å². The van der Waals surface area contributed by atoms with Crippen molar-refractivity contribution in [3.05, 3.63) is 70.5 Å². The zero-order valence-electron chi connectivity index (χ0n) is 23.9. The summed E-state index contributed by atoms with van der Waals surface area (Å²) >= 11 is 0. The standard InChI is InChI=1S/C31H34N8O3/c1-19-8-10-21(11-9-19)17-39-26-25(23-14-20(2)15-32-16-23)33-28(29-36-31(40)42-37-29)34-27(26)35-30(39)38-12-13-41-18-24(38)22-6-4-3-5-7-22/h3-7,14-16,19,21,24H,8-13,17-18H2,1-2H3,(H,36,37,40)/t19-,21-,24-/m0/s1. The van der Waals surface area contributed by atoms with Crippen molar-refractivity contribution in [2.75, 3.05) is 24.7 Å². The van der Waals surface area contributed by atoms with Gasteiger partial charge in [0.1, 0.15) is 11.2 Å². The Labute approximate surface area is 243 Å². The van der Waals surface area contributed by atoms with Crippen LogP contribution in [-0.4, -0.2) is 54.4 Å². The van der Waals surface area contributed by atoms with E-state index in [2.05, 4.69) is 61.8 Å². The fourth-order valence-electron chi connectivity index (χ4n) is 6.30. The molecule has 42 heavy (non-hydrogen) atoms. The third-order valence-electron chi connectivity index (χ3n) is 8.53. The van der Waals surface area contributed by atoms with E-state index in [1.807, 2.05) is 25.4 Å². The van der Waals surface area contributed by atoms with Crippen molar-refractivity contribution in [3.8, 4) is 22.9 Å². The van der Waals surface area contributed by atoms with Crippen LogP contribution in [0.4, 0.5) is 5.95 Å². The Balaban J connectivity index is 1.45. The van der Waals surface area contributed by atoms with E-state index in [1.165, 1.54) is 31.2 Å². The van der Waals surface area contributed by atoms with E-state index < -0.39 is 5.76 Å². The van der Waals surface area contributed by atoms with E-state index in [4.69, 9.17) is 24.2 Å². The fourth-order valence-corrected chi connectivity index (χ4v) is 6.30. The minimum Gasteiger partial charge on any atom is -0.377 e. The number of aryl methyl sites for hydroxylation is 1. The van der Waals surface area contributed by atoms with Gasteiger partial charge in [-0.25, -0.2) is 14.8 Å². The third kappa shape index (κ3) is 5.09. The summed E-state index contributed by atoms with van der Waals surface area (Å²) in [5.41, 5.74) is 5.13. The number of benzene rings is 1. The van der Waals surface area contributed by atoms with Crippen molar-refractivity contribution in [2.24, 2.45) is 11.8 Å². The zero-order valence-corrected chi connectivity index (χ0v) is 23.9. The van der Waals surface area contributed by atoms with Crippen molar-refractivity contribution >= 4 is 17.1 Å². The van der Waals surface area contributed by atoms with Gasteiger partial charge in [-0.2, -0.15) is 4.98 Å². The second-order valence-corrected chi connectivity index (χ2v) is 11.6. The lowest BCUT2D eigenvalue weighted by molar-refractivity contribution is 0.0927. The van der Waals surface area contributed by atoms with Gasteiger partial charge in [0, 0.05) is 31.0 Å². The number of nitrogens with zero attached hydrogens (tertiary/aromatic N) is 7. The molecular formula is C31H34N8O3. The Kier molecular flexibility index (Phi) is 7.02. The monoisotopic (exact) mass is 566 g/mol. The molecule has 216 valence electrons. The summed E-state index contributed by atoms with van der Waals surface area (Å²) in [5, 5.41) is 3.87. The van der Waals surface area contributed by atoms with Crippen LogP contribution in [0.3, 0.4) is 0 Å². The first kappa shape index (κ1) is 26.5. The number of H-pyrrole nitrogens is 1. The molecule has 4 aromatic heterocycles. The summed E-state index contributed by atoms with van der Waals surface area (Å²) < 4.78 is 13.1. The van der Waals surface area contributed by atoms with Crippen LogP contribution in [0.2, 0.25) is 0 Å². The van der Waals surface area contributed by atoms with Gasteiger partial charge in [-0.3, -0.25) is 14.5 Å². The molecule has 1 saturated carbocycles. The Hall–Kier alpha value is -4.38. The van der Waals surface area contributed by atoms with Crippen LogP contribution in [0.25, 0.3) is 34.1 Å². The summed E-state index contributed by atoms with van der Waals surface area (Å²) in [5.74, 6) is 1.87. The van der Waals surface area contributed by atoms with Gasteiger partial charge in [0.15, 0.2) is 5.65 Å². The number of rotatable bonds is 6. The van der Waals surface area contributed by atoms with Crippen molar-refractivity contribution < 1.29 is 9.26 Å². The number of hydrogen-bond donors (Lipinski definition) is 1. The van der Waals surface area contributed by atoms with Gasteiger partial charge in [0.05, 0.1) is 19.3 Å². The first-order valence-electron chi connectivity index (χ1n) is 14.7. The SMILES string of the molecule is Cc1cncc(-c2nc(-c3noc(=O)[nH]3)nc3nc(N4CCOC[C@H]4c4ccccc4)n(C[C@H]4CC[C@H](C)CC4)c23)c1. The van der Waals surface area contributed by atoms with Crippen LogP contribution in [-0.2, 0) is 11.3 Å². The molecule has 5 heterocycles. The fraction of sp³-hybridized carbons (Fsp3) is 0.419. The summed E-state index contributed by atoms with van der Waals surface area (Å²) in [6.45, 7) is 7.04. The van der Waals surface area contributed by atoms with Crippen LogP contribution in [0, 0.1) is 18.8 Å². The molecule has 2 fully saturated rings.